The fraction of sp³-hybridized carbons (Fsp3) is 0.556. The number of piperidine rings is 1. The highest BCUT2D eigenvalue weighted by Gasteiger charge is 2.51. The quantitative estimate of drug-likeness (QED) is 0.746. The maximum Gasteiger partial charge on any atom is 0.112 e. The molecule has 1 aromatic carbocycles. The molecule has 5 nitrogen and oxygen atoms in total. The van der Waals surface area contributed by atoms with Crippen LogP contribution in [0.25, 0.3) is 10.9 Å². The molecule has 0 unspecified atom stereocenters. The van der Waals surface area contributed by atoms with Gasteiger partial charge >= 0.3 is 0 Å². The SMILES string of the molecule is CN1C[C@H](O)C[C@]2(OCCCO)c3cccc4[nH]cc(c34)C[C@@H]12. The van der Waals surface area contributed by atoms with Gasteiger partial charge < -0.3 is 19.9 Å². The number of aliphatic hydroxyl groups excluding tert-OH is 2. The molecule has 0 radical (unpaired) electrons. The van der Waals surface area contributed by atoms with Crippen molar-refractivity contribution in [1.29, 1.82) is 0 Å². The van der Waals surface area contributed by atoms with Crippen molar-refractivity contribution in [3.63, 3.8) is 0 Å². The second kappa shape index (κ2) is 5.60. The Morgan fingerprint density at radius 1 is 1.43 bits per heavy atom. The van der Waals surface area contributed by atoms with Crippen LogP contribution in [-0.2, 0) is 16.8 Å². The topological polar surface area (TPSA) is 68.7 Å². The van der Waals surface area contributed by atoms with Crippen LogP contribution in [0.2, 0.25) is 0 Å². The Balaban J connectivity index is 1.87. The van der Waals surface area contributed by atoms with Crippen LogP contribution >= 0.6 is 0 Å². The van der Waals surface area contributed by atoms with Crippen molar-refractivity contribution in [2.24, 2.45) is 0 Å². The van der Waals surface area contributed by atoms with E-state index in [1.807, 2.05) is 0 Å². The summed E-state index contributed by atoms with van der Waals surface area (Å²) in [6, 6.07) is 6.49. The number of β-amino-alcohol motifs (C(OH)–C–C–N with tert-alkyl or cyclic N) is 1. The average molecular weight is 316 g/mol. The van der Waals surface area contributed by atoms with Gasteiger partial charge in [0.15, 0.2) is 0 Å². The van der Waals surface area contributed by atoms with E-state index >= 15 is 0 Å². The minimum absolute atomic E-state index is 0.124. The van der Waals surface area contributed by atoms with Crippen molar-refractivity contribution in [1.82, 2.24) is 9.88 Å². The van der Waals surface area contributed by atoms with Crippen molar-refractivity contribution in [2.75, 3.05) is 26.8 Å². The van der Waals surface area contributed by atoms with E-state index in [-0.39, 0.29) is 12.6 Å². The fourth-order valence-electron chi connectivity index (χ4n) is 4.51. The van der Waals surface area contributed by atoms with Crippen molar-refractivity contribution >= 4 is 10.9 Å². The number of nitrogens with one attached hydrogen (secondary N) is 1. The summed E-state index contributed by atoms with van der Waals surface area (Å²) in [7, 11) is 2.06. The van der Waals surface area contributed by atoms with E-state index in [4.69, 9.17) is 9.84 Å². The first-order chi connectivity index (χ1) is 11.2. The van der Waals surface area contributed by atoms with Gasteiger partial charge in [0, 0.05) is 42.7 Å². The zero-order valence-electron chi connectivity index (χ0n) is 13.5. The van der Waals surface area contributed by atoms with E-state index in [1.165, 1.54) is 16.5 Å². The van der Waals surface area contributed by atoms with E-state index in [0.29, 0.717) is 26.0 Å². The van der Waals surface area contributed by atoms with Crippen molar-refractivity contribution < 1.29 is 14.9 Å². The molecular weight excluding hydrogens is 292 g/mol. The monoisotopic (exact) mass is 316 g/mol. The molecular formula is C18H24N2O3. The molecule has 1 saturated heterocycles. The Bertz CT molecular complexity index is 713. The molecule has 4 rings (SSSR count). The van der Waals surface area contributed by atoms with Crippen molar-refractivity contribution in [2.45, 2.75) is 37.0 Å². The van der Waals surface area contributed by atoms with Crippen LogP contribution in [0.5, 0.6) is 0 Å². The number of aromatic nitrogens is 1. The first-order valence-electron chi connectivity index (χ1n) is 8.38. The van der Waals surface area contributed by atoms with Gasteiger partial charge in [-0.2, -0.15) is 0 Å². The summed E-state index contributed by atoms with van der Waals surface area (Å²) in [4.78, 5) is 5.59. The second-order valence-electron chi connectivity index (χ2n) is 6.87. The van der Waals surface area contributed by atoms with Crippen LogP contribution in [0.15, 0.2) is 24.4 Å². The van der Waals surface area contributed by atoms with Crippen LogP contribution in [0, 0.1) is 0 Å². The summed E-state index contributed by atoms with van der Waals surface area (Å²) >= 11 is 0. The van der Waals surface area contributed by atoms with E-state index in [0.717, 1.165) is 11.9 Å². The molecule has 23 heavy (non-hydrogen) atoms. The highest BCUT2D eigenvalue weighted by Crippen LogP contribution is 2.48. The Kier molecular flexibility index (Phi) is 3.69. The van der Waals surface area contributed by atoms with Crippen LogP contribution in [0.4, 0.5) is 0 Å². The molecule has 1 aliphatic heterocycles. The number of ether oxygens (including phenoxy) is 1. The predicted octanol–water partition coefficient (Wildman–Crippen LogP) is 1.38. The van der Waals surface area contributed by atoms with Crippen molar-refractivity contribution in [3.05, 3.63) is 35.5 Å². The lowest BCUT2D eigenvalue weighted by atomic mass is 9.70. The number of H-pyrrole nitrogens is 1. The summed E-state index contributed by atoms with van der Waals surface area (Å²) in [6.45, 7) is 1.30. The maximum atomic E-state index is 10.4. The normalized spacial score (nSPS) is 30.6. The number of aliphatic hydroxyl groups is 2. The van der Waals surface area contributed by atoms with Gasteiger partial charge in [0.1, 0.15) is 5.60 Å². The Labute approximate surface area is 135 Å². The van der Waals surface area contributed by atoms with Crippen LogP contribution in [0.1, 0.15) is 24.0 Å². The molecule has 0 spiro atoms. The summed E-state index contributed by atoms with van der Waals surface area (Å²) in [5, 5.41) is 20.8. The van der Waals surface area contributed by atoms with Gasteiger partial charge in [0.25, 0.3) is 0 Å². The Hall–Kier alpha value is -1.40. The van der Waals surface area contributed by atoms with E-state index in [9.17, 15) is 5.11 Å². The Morgan fingerprint density at radius 2 is 2.30 bits per heavy atom. The summed E-state index contributed by atoms with van der Waals surface area (Å²) in [5.41, 5.74) is 3.12. The van der Waals surface area contributed by atoms with Crippen LogP contribution in [-0.4, -0.2) is 59.0 Å². The minimum atomic E-state index is -0.504. The van der Waals surface area contributed by atoms with Gasteiger partial charge in [-0.1, -0.05) is 12.1 Å². The number of nitrogens with zero attached hydrogens (tertiary/aromatic N) is 1. The molecule has 0 saturated carbocycles. The number of fused-ring (bicyclic) bond motifs is 2. The zero-order chi connectivity index (χ0) is 16.0. The molecule has 5 heteroatoms. The predicted molar refractivity (Wildman–Crippen MR) is 88.4 cm³/mol. The molecule has 1 aromatic heterocycles. The van der Waals surface area contributed by atoms with E-state index in [1.54, 1.807) is 0 Å². The molecule has 0 bridgehead atoms. The minimum Gasteiger partial charge on any atom is -0.396 e. The molecule has 1 aliphatic carbocycles. The summed E-state index contributed by atoms with van der Waals surface area (Å²) < 4.78 is 6.40. The highest BCUT2D eigenvalue weighted by molar-refractivity contribution is 5.88. The Morgan fingerprint density at radius 3 is 3.13 bits per heavy atom. The third-order valence-corrected chi connectivity index (χ3v) is 5.43. The van der Waals surface area contributed by atoms with Gasteiger partial charge in [-0.15, -0.1) is 0 Å². The molecule has 0 amide bonds. The molecule has 2 aromatic rings. The van der Waals surface area contributed by atoms with E-state index < -0.39 is 11.7 Å². The summed E-state index contributed by atoms with van der Waals surface area (Å²) in [6.07, 6.45) is 3.84. The molecule has 3 N–H and O–H groups in total. The van der Waals surface area contributed by atoms with Crippen LogP contribution < -0.4 is 0 Å². The van der Waals surface area contributed by atoms with Crippen LogP contribution in [0.3, 0.4) is 0 Å². The number of benzene rings is 1. The zero-order valence-corrected chi connectivity index (χ0v) is 13.5. The van der Waals surface area contributed by atoms with Gasteiger partial charge in [0.05, 0.1) is 12.7 Å². The number of likely N-dealkylation sites (N-methyl/N-ethyl adjacent to an activating group) is 1. The lowest BCUT2D eigenvalue weighted by Crippen LogP contribution is -2.61. The highest BCUT2D eigenvalue weighted by atomic mass is 16.5. The van der Waals surface area contributed by atoms with Crippen molar-refractivity contribution in [3.8, 4) is 0 Å². The number of hydrogen-bond acceptors (Lipinski definition) is 4. The molecule has 1 fully saturated rings. The van der Waals surface area contributed by atoms with Gasteiger partial charge in [-0.25, -0.2) is 0 Å². The van der Waals surface area contributed by atoms with Gasteiger partial charge in [-0.05, 0) is 37.1 Å². The number of aromatic amines is 1. The third kappa shape index (κ3) is 2.22. The molecule has 3 atom stereocenters. The number of likely N-dealkylation sites (tertiary alicyclic amines) is 1. The average Bonchev–Trinajstić information content (AvgIpc) is 2.94. The first-order valence-corrected chi connectivity index (χ1v) is 8.38. The smallest absolute Gasteiger partial charge is 0.112 e. The van der Waals surface area contributed by atoms with Gasteiger partial charge in [0.2, 0.25) is 0 Å². The standard InChI is InChI=1S/C18H24N2O3/c1-20-11-13(22)9-18(23-7-3-6-21)14-4-2-5-15-17(14)12(10-19-15)8-16(18)20/h2,4-5,10,13,16,19,21-22H,3,6-9,11H2,1H3/t13-,16-,18+/m1/s1. The van der Waals surface area contributed by atoms with E-state index in [2.05, 4.69) is 41.3 Å². The second-order valence-corrected chi connectivity index (χ2v) is 6.87. The van der Waals surface area contributed by atoms with Gasteiger partial charge in [-0.3, -0.25) is 4.90 Å². The lowest BCUT2D eigenvalue weighted by Gasteiger charge is -2.52. The summed E-state index contributed by atoms with van der Waals surface area (Å²) in [5.74, 6) is 0. The molecule has 2 aliphatic rings. The number of rotatable bonds is 4. The third-order valence-electron chi connectivity index (χ3n) is 5.43. The number of hydrogen-bond donors (Lipinski definition) is 3. The largest absolute Gasteiger partial charge is 0.396 e. The maximum absolute atomic E-state index is 10.4. The lowest BCUT2D eigenvalue weighted by molar-refractivity contribution is -0.160. The first kappa shape index (κ1) is 15.1. The molecule has 2 heterocycles. The molecule has 124 valence electrons. The fourth-order valence-corrected chi connectivity index (χ4v) is 4.51.